The Morgan fingerprint density at radius 3 is 3.00 bits per heavy atom. The van der Waals surface area contributed by atoms with E-state index < -0.39 is 0 Å². The maximum atomic E-state index is 11.4. The van der Waals surface area contributed by atoms with Crippen LogP contribution in [0.25, 0.3) is 0 Å². The first kappa shape index (κ1) is 8.57. The molecule has 0 spiro atoms. The highest BCUT2D eigenvalue weighted by Gasteiger charge is 2.29. The number of rotatable bonds is 0. The van der Waals surface area contributed by atoms with Crippen molar-refractivity contribution in [2.75, 3.05) is 0 Å². The number of dihydropyridines is 1. The number of alkyl halides is 1. The highest BCUT2D eigenvalue weighted by molar-refractivity contribution is 6.25. The molecular formula is C10H10ClNO. The number of hydrogen-bond acceptors (Lipinski definition) is 2. The number of carbonyl (C=O) groups excluding carboxylic acids is 1. The SMILES string of the molecule is CC1=CC=C2C(Cl)C=CC(=O)C2N1. The highest BCUT2D eigenvalue weighted by Crippen LogP contribution is 2.24. The molecular weight excluding hydrogens is 186 g/mol. The molecule has 0 fully saturated rings. The van der Waals surface area contributed by atoms with Crippen LogP contribution in [-0.4, -0.2) is 17.2 Å². The van der Waals surface area contributed by atoms with Gasteiger partial charge in [-0.25, -0.2) is 0 Å². The predicted molar refractivity (Wildman–Crippen MR) is 52.6 cm³/mol. The molecule has 1 aliphatic carbocycles. The minimum Gasteiger partial charge on any atom is -0.375 e. The molecule has 68 valence electrons. The third kappa shape index (κ3) is 1.42. The van der Waals surface area contributed by atoms with Gasteiger partial charge in [0, 0.05) is 5.70 Å². The molecule has 0 aromatic carbocycles. The Bertz CT molecular complexity index is 341. The van der Waals surface area contributed by atoms with Gasteiger partial charge in [0.2, 0.25) is 0 Å². The zero-order chi connectivity index (χ0) is 9.42. The van der Waals surface area contributed by atoms with E-state index in [1.807, 2.05) is 19.1 Å². The van der Waals surface area contributed by atoms with Gasteiger partial charge in [0.05, 0.1) is 5.38 Å². The van der Waals surface area contributed by atoms with Gasteiger partial charge < -0.3 is 5.32 Å². The molecule has 0 bridgehead atoms. The van der Waals surface area contributed by atoms with Gasteiger partial charge in [-0.15, -0.1) is 11.6 Å². The second-order valence-corrected chi connectivity index (χ2v) is 3.73. The topological polar surface area (TPSA) is 29.1 Å². The van der Waals surface area contributed by atoms with Crippen molar-refractivity contribution in [2.24, 2.45) is 0 Å². The molecule has 2 aliphatic rings. The molecule has 1 N–H and O–H groups in total. The molecule has 1 aliphatic heterocycles. The molecule has 13 heavy (non-hydrogen) atoms. The van der Waals surface area contributed by atoms with Crippen LogP contribution in [0.2, 0.25) is 0 Å². The van der Waals surface area contributed by atoms with Gasteiger partial charge >= 0.3 is 0 Å². The number of halogens is 1. The number of allylic oxidation sites excluding steroid dienone is 4. The lowest BCUT2D eigenvalue weighted by Gasteiger charge is -2.28. The summed E-state index contributed by atoms with van der Waals surface area (Å²) in [4.78, 5) is 11.4. The summed E-state index contributed by atoms with van der Waals surface area (Å²) >= 11 is 6.03. The average molecular weight is 196 g/mol. The van der Waals surface area contributed by atoms with Crippen molar-refractivity contribution in [2.45, 2.75) is 18.3 Å². The van der Waals surface area contributed by atoms with Crippen LogP contribution >= 0.6 is 11.6 Å². The van der Waals surface area contributed by atoms with E-state index in [0.29, 0.717) is 0 Å². The Labute approximate surface area is 82.0 Å². The van der Waals surface area contributed by atoms with Gasteiger partial charge in [-0.3, -0.25) is 4.79 Å². The van der Waals surface area contributed by atoms with Crippen LogP contribution in [0.4, 0.5) is 0 Å². The first-order valence-electron chi connectivity index (χ1n) is 4.19. The lowest BCUT2D eigenvalue weighted by molar-refractivity contribution is -0.115. The minimum atomic E-state index is -0.238. The fourth-order valence-corrected chi connectivity index (χ4v) is 1.82. The lowest BCUT2D eigenvalue weighted by Crippen LogP contribution is -2.42. The van der Waals surface area contributed by atoms with Crippen molar-refractivity contribution in [1.29, 1.82) is 0 Å². The number of ketones is 1. The van der Waals surface area contributed by atoms with Gasteiger partial charge in [0.25, 0.3) is 0 Å². The van der Waals surface area contributed by atoms with Crippen LogP contribution in [-0.2, 0) is 4.79 Å². The number of hydrogen-bond donors (Lipinski definition) is 1. The van der Waals surface area contributed by atoms with Crippen molar-refractivity contribution in [3.8, 4) is 0 Å². The Morgan fingerprint density at radius 2 is 2.23 bits per heavy atom. The smallest absolute Gasteiger partial charge is 0.181 e. The normalized spacial score (nSPS) is 31.7. The standard InChI is InChI=1S/C10H10ClNO/c1-6-2-3-7-8(11)4-5-9(13)10(7)12-6/h2-5,8,10,12H,1H3. The summed E-state index contributed by atoms with van der Waals surface area (Å²) < 4.78 is 0. The van der Waals surface area contributed by atoms with E-state index in [4.69, 9.17) is 11.6 Å². The first-order valence-corrected chi connectivity index (χ1v) is 4.63. The fraction of sp³-hybridized carbons (Fsp3) is 0.300. The quantitative estimate of drug-likeness (QED) is 0.594. The van der Waals surface area contributed by atoms with Crippen molar-refractivity contribution < 1.29 is 4.79 Å². The third-order valence-corrected chi connectivity index (χ3v) is 2.66. The van der Waals surface area contributed by atoms with Crippen LogP contribution < -0.4 is 5.32 Å². The second-order valence-electron chi connectivity index (χ2n) is 3.26. The molecule has 2 nitrogen and oxygen atoms in total. The third-order valence-electron chi connectivity index (χ3n) is 2.26. The van der Waals surface area contributed by atoms with Crippen molar-refractivity contribution in [3.05, 3.63) is 35.6 Å². The molecule has 0 aromatic rings. The molecule has 0 aromatic heterocycles. The van der Waals surface area contributed by atoms with Crippen LogP contribution in [0.5, 0.6) is 0 Å². The summed E-state index contributed by atoms with van der Waals surface area (Å²) in [6, 6.07) is -0.238. The highest BCUT2D eigenvalue weighted by atomic mass is 35.5. The summed E-state index contributed by atoms with van der Waals surface area (Å²) in [5, 5.41) is 2.95. The Balaban J connectivity index is 2.40. The van der Waals surface area contributed by atoms with E-state index in [-0.39, 0.29) is 17.2 Å². The summed E-state index contributed by atoms with van der Waals surface area (Å²) in [6.45, 7) is 1.93. The van der Waals surface area contributed by atoms with E-state index in [1.54, 1.807) is 12.2 Å². The Morgan fingerprint density at radius 1 is 1.46 bits per heavy atom. The number of nitrogens with one attached hydrogen (secondary N) is 1. The predicted octanol–water partition coefficient (Wildman–Crippen LogP) is 1.53. The van der Waals surface area contributed by atoms with Gasteiger partial charge in [-0.05, 0) is 24.6 Å². The van der Waals surface area contributed by atoms with Crippen LogP contribution in [0.15, 0.2) is 35.6 Å². The van der Waals surface area contributed by atoms with Crippen LogP contribution in [0.3, 0.4) is 0 Å². The van der Waals surface area contributed by atoms with Crippen molar-refractivity contribution in [3.63, 3.8) is 0 Å². The molecule has 2 atom stereocenters. The molecule has 0 radical (unpaired) electrons. The zero-order valence-corrected chi connectivity index (χ0v) is 8.01. The molecule has 2 unspecified atom stereocenters. The van der Waals surface area contributed by atoms with Gasteiger partial charge in [-0.1, -0.05) is 12.2 Å². The molecule has 0 amide bonds. The Kier molecular flexibility index (Phi) is 2.00. The minimum absolute atomic E-state index is 0.0793. The van der Waals surface area contributed by atoms with Crippen LogP contribution in [0.1, 0.15) is 6.92 Å². The maximum Gasteiger partial charge on any atom is 0.181 e. The summed E-state index contributed by atoms with van der Waals surface area (Å²) in [5.74, 6) is 0.0793. The van der Waals surface area contributed by atoms with Gasteiger partial charge in [0.1, 0.15) is 6.04 Å². The van der Waals surface area contributed by atoms with E-state index >= 15 is 0 Å². The zero-order valence-electron chi connectivity index (χ0n) is 7.25. The average Bonchev–Trinajstić information content (AvgIpc) is 2.12. The maximum absolute atomic E-state index is 11.4. The molecule has 1 heterocycles. The van der Waals surface area contributed by atoms with Crippen molar-refractivity contribution in [1.82, 2.24) is 5.32 Å². The monoisotopic (exact) mass is 195 g/mol. The van der Waals surface area contributed by atoms with Crippen molar-refractivity contribution >= 4 is 17.4 Å². The molecule has 0 saturated carbocycles. The second kappa shape index (κ2) is 3.04. The lowest BCUT2D eigenvalue weighted by atomic mass is 9.91. The summed E-state index contributed by atoms with van der Waals surface area (Å²) in [5.41, 5.74) is 1.95. The largest absolute Gasteiger partial charge is 0.375 e. The first-order chi connectivity index (χ1) is 6.18. The summed E-state index contributed by atoms with van der Waals surface area (Å²) in [7, 11) is 0. The van der Waals surface area contributed by atoms with E-state index in [2.05, 4.69) is 5.32 Å². The fourth-order valence-electron chi connectivity index (χ4n) is 1.55. The Hall–Kier alpha value is -1.02. The molecule has 0 saturated heterocycles. The van der Waals surface area contributed by atoms with E-state index in [0.717, 1.165) is 11.3 Å². The summed E-state index contributed by atoms with van der Waals surface area (Å²) in [6.07, 6.45) is 7.14. The molecule has 3 heteroatoms. The van der Waals surface area contributed by atoms with Crippen LogP contribution in [0, 0.1) is 0 Å². The van der Waals surface area contributed by atoms with Gasteiger partial charge in [0.15, 0.2) is 5.78 Å². The van der Waals surface area contributed by atoms with E-state index in [9.17, 15) is 4.79 Å². The van der Waals surface area contributed by atoms with Gasteiger partial charge in [-0.2, -0.15) is 0 Å². The van der Waals surface area contributed by atoms with E-state index in [1.165, 1.54) is 0 Å². The number of carbonyl (C=O) groups is 1. The molecule has 2 rings (SSSR count). The number of fused-ring (bicyclic) bond motifs is 1.